The highest BCUT2D eigenvalue weighted by Gasteiger charge is 2.51. The molecular formula is C8H13BrO2. The fourth-order valence-electron chi connectivity index (χ4n) is 1.41. The van der Waals surface area contributed by atoms with Gasteiger partial charge in [0.25, 0.3) is 0 Å². The SMILES string of the molecule is CCOC(=O)[C@@H]1[C@@H](C)[C@@H]1CBr. The minimum Gasteiger partial charge on any atom is -0.466 e. The maximum absolute atomic E-state index is 11.1. The molecule has 11 heavy (non-hydrogen) atoms. The summed E-state index contributed by atoms with van der Waals surface area (Å²) in [6, 6.07) is 0. The minimum absolute atomic E-state index is 0.0237. The number of alkyl halides is 1. The van der Waals surface area contributed by atoms with Gasteiger partial charge in [-0.15, -0.1) is 0 Å². The first-order valence-electron chi connectivity index (χ1n) is 3.95. The Morgan fingerprint density at radius 3 is 2.64 bits per heavy atom. The van der Waals surface area contributed by atoms with Crippen LogP contribution >= 0.6 is 15.9 Å². The van der Waals surface area contributed by atoms with Gasteiger partial charge < -0.3 is 4.74 Å². The van der Waals surface area contributed by atoms with Crippen LogP contribution in [0.3, 0.4) is 0 Å². The van der Waals surface area contributed by atoms with Crippen LogP contribution in [0.15, 0.2) is 0 Å². The smallest absolute Gasteiger partial charge is 0.309 e. The predicted octanol–water partition coefficient (Wildman–Crippen LogP) is 1.83. The van der Waals surface area contributed by atoms with Crippen molar-refractivity contribution in [2.45, 2.75) is 13.8 Å². The Morgan fingerprint density at radius 2 is 2.27 bits per heavy atom. The fraction of sp³-hybridized carbons (Fsp3) is 0.875. The molecule has 0 spiro atoms. The summed E-state index contributed by atoms with van der Waals surface area (Å²) in [5, 5.41) is 0.914. The van der Waals surface area contributed by atoms with Gasteiger partial charge in [-0.1, -0.05) is 22.9 Å². The number of carbonyl (C=O) groups excluding carboxylic acids is 1. The van der Waals surface area contributed by atoms with Gasteiger partial charge in [0.15, 0.2) is 0 Å². The number of carbonyl (C=O) groups is 1. The Morgan fingerprint density at radius 1 is 1.64 bits per heavy atom. The molecule has 0 aromatic heterocycles. The molecule has 1 fully saturated rings. The molecule has 0 N–H and O–H groups in total. The van der Waals surface area contributed by atoms with E-state index in [-0.39, 0.29) is 11.9 Å². The number of hydrogen-bond acceptors (Lipinski definition) is 2. The van der Waals surface area contributed by atoms with E-state index in [1.807, 2.05) is 6.92 Å². The van der Waals surface area contributed by atoms with Crippen LogP contribution in [0, 0.1) is 17.8 Å². The molecule has 0 unspecified atom stereocenters. The third-order valence-electron chi connectivity index (χ3n) is 2.30. The molecule has 0 aliphatic heterocycles. The van der Waals surface area contributed by atoms with Crippen molar-refractivity contribution in [3.8, 4) is 0 Å². The molecule has 3 atom stereocenters. The normalized spacial score (nSPS) is 35.0. The van der Waals surface area contributed by atoms with Crippen molar-refractivity contribution in [1.29, 1.82) is 0 Å². The summed E-state index contributed by atoms with van der Waals surface area (Å²) in [7, 11) is 0. The molecule has 1 aliphatic rings. The van der Waals surface area contributed by atoms with E-state index in [1.165, 1.54) is 0 Å². The van der Waals surface area contributed by atoms with E-state index < -0.39 is 0 Å². The first-order chi connectivity index (χ1) is 5.22. The lowest BCUT2D eigenvalue weighted by molar-refractivity contribution is -0.145. The molecule has 0 bridgehead atoms. The fourth-order valence-corrected chi connectivity index (χ4v) is 2.40. The van der Waals surface area contributed by atoms with Gasteiger partial charge in [0.2, 0.25) is 0 Å². The molecule has 2 nitrogen and oxygen atoms in total. The van der Waals surface area contributed by atoms with E-state index in [9.17, 15) is 4.79 Å². The Bertz CT molecular complexity index is 158. The van der Waals surface area contributed by atoms with Crippen LogP contribution in [-0.2, 0) is 9.53 Å². The van der Waals surface area contributed by atoms with Crippen molar-refractivity contribution in [3.05, 3.63) is 0 Å². The van der Waals surface area contributed by atoms with E-state index in [0.29, 0.717) is 18.4 Å². The zero-order valence-corrected chi connectivity index (χ0v) is 8.43. The van der Waals surface area contributed by atoms with E-state index >= 15 is 0 Å². The number of ether oxygens (including phenoxy) is 1. The van der Waals surface area contributed by atoms with Gasteiger partial charge >= 0.3 is 5.97 Å². The second kappa shape index (κ2) is 3.57. The second-order valence-electron chi connectivity index (χ2n) is 2.96. The minimum atomic E-state index is -0.0237. The van der Waals surface area contributed by atoms with Gasteiger partial charge in [-0.25, -0.2) is 0 Å². The van der Waals surface area contributed by atoms with Crippen LogP contribution in [-0.4, -0.2) is 17.9 Å². The van der Waals surface area contributed by atoms with Crippen LogP contribution < -0.4 is 0 Å². The molecule has 0 saturated heterocycles. The topological polar surface area (TPSA) is 26.3 Å². The van der Waals surface area contributed by atoms with Crippen molar-refractivity contribution < 1.29 is 9.53 Å². The van der Waals surface area contributed by atoms with Crippen molar-refractivity contribution in [1.82, 2.24) is 0 Å². The molecule has 0 aromatic rings. The molecule has 1 aliphatic carbocycles. The second-order valence-corrected chi connectivity index (χ2v) is 3.60. The Balaban J connectivity index is 2.34. The Kier molecular flexibility index (Phi) is 2.93. The average molecular weight is 221 g/mol. The lowest BCUT2D eigenvalue weighted by atomic mass is 10.3. The lowest BCUT2D eigenvalue weighted by Crippen LogP contribution is -2.08. The molecule has 0 aromatic carbocycles. The van der Waals surface area contributed by atoms with Gasteiger partial charge in [0, 0.05) is 5.33 Å². The summed E-state index contributed by atoms with van der Waals surface area (Å²) in [6.45, 7) is 4.43. The van der Waals surface area contributed by atoms with Crippen LogP contribution in [0.5, 0.6) is 0 Å². The standard InChI is InChI=1S/C8H13BrO2/c1-3-11-8(10)7-5(2)6(7)4-9/h5-7H,3-4H2,1-2H3/t5-,6-,7+/m0/s1. The summed E-state index contributed by atoms with van der Waals surface area (Å²) in [5.74, 6) is 1.15. The van der Waals surface area contributed by atoms with Gasteiger partial charge in [-0.3, -0.25) is 4.79 Å². The van der Waals surface area contributed by atoms with Crippen molar-refractivity contribution >= 4 is 21.9 Å². The number of halogens is 1. The van der Waals surface area contributed by atoms with Crippen molar-refractivity contribution in [2.75, 3.05) is 11.9 Å². The van der Waals surface area contributed by atoms with Gasteiger partial charge in [0.1, 0.15) is 0 Å². The molecule has 0 amide bonds. The zero-order valence-electron chi connectivity index (χ0n) is 6.84. The number of hydrogen-bond donors (Lipinski definition) is 0. The number of rotatable bonds is 3. The summed E-state index contributed by atoms with van der Waals surface area (Å²) in [4.78, 5) is 11.1. The van der Waals surface area contributed by atoms with Gasteiger partial charge in [-0.2, -0.15) is 0 Å². The van der Waals surface area contributed by atoms with Crippen LogP contribution in [0.4, 0.5) is 0 Å². The van der Waals surface area contributed by atoms with Crippen molar-refractivity contribution in [2.24, 2.45) is 17.8 Å². The summed E-state index contributed by atoms with van der Waals surface area (Å²) in [6.07, 6.45) is 0. The summed E-state index contributed by atoms with van der Waals surface area (Å²) in [5.41, 5.74) is 0. The molecular weight excluding hydrogens is 208 g/mol. The summed E-state index contributed by atoms with van der Waals surface area (Å²) < 4.78 is 4.91. The van der Waals surface area contributed by atoms with Gasteiger partial charge in [-0.05, 0) is 18.8 Å². The van der Waals surface area contributed by atoms with Crippen LogP contribution in [0.2, 0.25) is 0 Å². The maximum Gasteiger partial charge on any atom is 0.309 e. The Labute approximate surface area is 75.4 Å². The zero-order chi connectivity index (χ0) is 8.43. The van der Waals surface area contributed by atoms with Crippen LogP contribution in [0.1, 0.15) is 13.8 Å². The molecule has 0 radical (unpaired) electrons. The summed E-state index contributed by atoms with van der Waals surface area (Å²) >= 11 is 3.37. The highest BCUT2D eigenvalue weighted by molar-refractivity contribution is 9.09. The Hall–Kier alpha value is -0.0500. The highest BCUT2D eigenvalue weighted by Crippen LogP contribution is 2.47. The van der Waals surface area contributed by atoms with Crippen LogP contribution in [0.25, 0.3) is 0 Å². The monoisotopic (exact) mass is 220 g/mol. The quantitative estimate of drug-likeness (QED) is 0.536. The molecule has 3 heteroatoms. The van der Waals surface area contributed by atoms with E-state index in [2.05, 4.69) is 22.9 Å². The first kappa shape index (κ1) is 9.04. The number of esters is 1. The third-order valence-corrected chi connectivity index (χ3v) is 3.05. The van der Waals surface area contributed by atoms with E-state index in [4.69, 9.17) is 4.74 Å². The molecule has 0 heterocycles. The molecule has 1 rings (SSSR count). The maximum atomic E-state index is 11.1. The van der Waals surface area contributed by atoms with E-state index in [0.717, 1.165) is 5.33 Å². The van der Waals surface area contributed by atoms with Gasteiger partial charge in [0.05, 0.1) is 12.5 Å². The highest BCUT2D eigenvalue weighted by atomic mass is 79.9. The molecule has 1 saturated carbocycles. The van der Waals surface area contributed by atoms with E-state index in [1.54, 1.807) is 0 Å². The third kappa shape index (κ3) is 1.75. The average Bonchev–Trinajstić information content (AvgIpc) is 2.61. The largest absolute Gasteiger partial charge is 0.466 e. The van der Waals surface area contributed by atoms with Crippen molar-refractivity contribution in [3.63, 3.8) is 0 Å². The lowest BCUT2D eigenvalue weighted by Gasteiger charge is -1.98. The molecule has 64 valence electrons. The predicted molar refractivity (Wildman–Crippen MR) is 46.6 cm³/mol. The first-order valence-corrected chi connectivity index (χ1v) is 5.07.